The van der Waals surface area contributed by atoms with Crippen molar-refractivity contribution in [1.29, 1.82) is 0 Å². The van der Waals surface area contributed by atoms with Crippen molar-refractivity contribution in [2.75, 3.05) is 17.2 Å². The number of hydrogen-bond donors (Lipinski definition) is 5. The molecule has 1 heterocycles. The molecule has 11 heteroatoms. The summed E-state index contributed by atoms with van der Waals surface area (Å²) in [5, 5.41) is 20.7. The molecule has 0 spiro atoms. The second-order valence-electron chi connectivity index (χ2n) is 8.38. The maximum Gasteiger partial charge on any atom is 0.411 e. The number of nitrogens with one attached hydrogen (secondary N) is 4. The van der Waals surface area contributed by atoms with Crippen molar-refractivity contribution < 1.29 is 24.2 Å². The maximum absolute atomic E-state index is 12.2. The Balaban J connectivity index is 1.78. The predicted octanol–water partition coefficient (Wildman–Crippen LogP) is 5.20. The molecule has 0 unspecified atom stereocenters. The van der Waals surface area contributed by atoms with Gasteiger partial charge in [0, 0.05) is 36.0 Å². The Morgan fingerprint density at radius 1 is 1.18 bits per heavy atom. The van der Waals surface area contributed by atoms with E-state index < -0.39 is 12.2 Å². The fourth-order valence-corrected chi connectivity index (χ4v) is 5.02. The maximum atomic E-state index is 12.2. The summed E-state index contributed by atoms with van der Waals surface area (Å²) in [7, 11) is 0. The van der Waals surface area contributed by atoms with Gasteiger partial charge in [0.15, 0.2) is 0 Å². The average molecular weight is 490 g/mol. The Morgan fingerprint density at radius 2 is 1.91 bits per heavy atom. The number of carbonyl (C=O) groups excluding carboxylic acids is 2. The van der Waals surface area contributed by atoms with E-state index in [1.807, 2.05) is 13.0 Å². The molecule has 1 aromatic carbocycles. The lowest BCUT2D eigenvalue weighted by atomic mass is 9.86. The Morgan fingerprint density at radius 3 is 2.56 bits per heavy atom. The molecule has 0 radical (unpaired) electrons. The first-order valence-corrected chi connectivity index (χ1v) is 12.2. The van der Waals surface area contributed by atoms with Crippen LogP contribution >= 0.6 is 11.3 Å². The van der Waals surface area contributed by atoms with E-state index in [0.29, 0.717) is 17.9 Å². The summed E-state index contributed by atoms with van der Waals surface area (Å²) in [6, 6.07) is 4.91. The highest BCUT2D eigenvalue weighted by atomic mass is 32.1. The van der Waals surface area contributed by atoms with E-state index in [0.717, 1.165) is 41.1 Å². The van der Waals surface area contributed by atoms with E-state index >= 15 is 0 Å². The molecule has 1 aliphatic rings. The van der Waals surface area contributed by atoms with Crippen LogP contribution in [0.2, 0.25) is 0 Å². The van der Waals surface area contributed by atoms with Crippen LogP contribution in [0.1, 0.15) is 57.4 Å². The summed E-state index contributed by atoms with van der Waals surface area (Å²) < 4.78 is 5.13. The third-order valence-corrected chi connectivity index (χ3v) is 6.58. The molecule has 0 bridgehead atoms. The first-order valence-electron chi connectivity index (χ1n) is 11.4. The second kappa shape index (κ2) is 11.7. The lowest BCUT2D eigenvalue weighted by Crippen LogP contribution is -2.36. The average Bonchev–Trinajstić information content (AvgIpc) is 3.23. The van der Waals surface area contributed by atoms with Gasteiger partial charge in [0.2, 0.25) is 0 Å². The lowest BCUT2D eigenvalue weighted by Gasteiger charge is -2.27. The molecular weight excluding hydrogens is 458 g/mol. The number of amides is 4. The van der Waals surface area contributed by atoms with E-state index in [9.17, 15) is 14.4 Å². The van der Waals surface area contributed by atoms with Crippen molar-refractivity contribution in [3.05, 3.63) is 29.4 Å². The number of aromatic nitrogens is 1. The van der Waals surface area contributed by atoms with Crippen LogP contribution < -0.4 is 21.3 Å². The lowest BCUT2D eigenvalue weighted by molar-refractivity contribution is 0.130. The standard InChI is InChI=1S/C23H31N5O5S/c1-4-24-21(29)28-18-11-16(27-23(32)33-13(2)3)9-10-17(18)19-12-25-20(34-19)14-5-7-15(8-6-14)26-22(30)31/h9-15,26H,4-8H2,1-3H3,(H,27,32)(H,30,31)(H2,24,28,29)/t14-,15-. The molecule has 184 valence electrons. The smallest absolute Gasteiger partial charge is 0.411 e. The minimum Gasteiger partial charge on any atom is -0.465 e. The van der Waals surface area contributed by atoms with Gasteiger partial charge in [-0.05, 0) is 64.7 Å². The molecule has 1 saturated carbocycles. The number of anilines is 2. The van der Waals surface area contributed by atoms with Gasteiger partial charge < -0.3 is 25.8 Å². The zero-order chi connectivity index (χ0) is 24.7. The molecule has 0 aliphatic heterocycles. The molecule has 5 N–H and O–H groups in total. The third-order valence-electron chi connectivity index (χ3n) is 5.39. The molecular formula is C23H31N5O5S. The van der Waals surface area contributed by atoms with Crippen LogP contribution in [0.5, 0.6) is 0 Å². The van der Waals surface area contributed by atoms with E-state index in [2.05, 4.69) is 26.3 Å². The van der Waals surface area contributed by atoms with Crippen LogP contribution in [0.25, 0.3) is 10.4 Å². The van der Waals surface area contributed by atoms with Crippen molar-refractivity contribution in [2.45, 2.75) is 64.5 Å². The van der Waals surface area contributed by atoms with Crippen LogP contribution in [0.3, 0.4) is 0 Å². The number of carbonyl (C=O) groups is 3. The number of urea groups is 1. The number of carboxylic acid groups (broad SMARTS) is 1. The minimum atomic E-state index is -0.984. The fourth-order valence-electron chi connectivity index (χ4n) is 3.89. The minimum absolute atomic E-state index is 0.0107. The van der Waals surface area contributed by atoms with Gasteiger partial charge >= 0.3 is 18.2 Å². The summed E-state index contributed by atoms with van der Waals surface area (Å²) in [5.41, 5.74) is 1.83. The zero-order valence-electron chi connectivity index (χ0n) is 19.5. The number of ether oxygens (including phenoxy) is 1. The van der Waals surface area contributed by atoms with E-state index in [4.69, 9.17) is 9.84 Å². The summed E-state index contributed by atoms with van der Waals surface area (Å²) >= 11 is 1.56. The summed E-state index contributed by atoms with van der Waals surface area (Å²) in [6.07, 6.45) is 3.27. The topological polar surface area (TPSA) is 142 Å². The van der Waals surface area contributed by atoms with Crippen LogP contribution in [0.15, 0.2) is 24.4 Å². The van der Waals surface area contributed by atoms with Crippen molar-refractivity contribution in [1.82, 2.24) is 15.6 Å². The molecule has 1 aliphatic carbocycles. The number of hydrogen-bond acceptors (Lipinski definition) is 6. The molecule has 1 aromatic heterocycles. The van der Waals surface area contributed by atoms with Crippen molar-refractivity contribution in [3.63, 3.8) is 0 Å². The zero-order valence-corrected chi connectivity index (χ0v) is 20.3. The van der Waals surface area contributed by atoms with Gasteiger partial charge in [-0.15, -0.1) is 11.3 Å². The van der Waals surface area contributed by atoms with Crippen LogP contribution in [-0.4, -0.2) is 47.0 Å². The molecule has 0 atom stereocenters. The van der Waals surface area contributed by atoms with Crippen molar-refractivity contribution in [3.8, 4) is 10.4 Å². The number of thiazole rings is 1. The van der Waals surface area contributed by atoms with Gasteiger partial charge in [-0.25, -0.2) is 19.4 Å². The molecule has 3 rings (SSSR count). The highest BCUT2D eigenvalue weighted by molar-refractivity contribution is 7.15. The van der Waals surface area contributed by atoms with Gasteiger partial charge in [-0.1, -0.05) is 0 Å². The Labute approximate surface area is 202 Å². The quantitative estimate of drug-likeness (QED) is 0.362. The van der Waals surface area contributed by atoms with Crippen LogP contribution in [0, 0.1) is 0 Å². The largest absolute Gasteiger partial charge is 0.465 e. The predicted molar refractivity (Wildman–Crippen MR) is 132 cm³/mol. The summed E-state index contributed by atoms with van der Waals surface area (Å²) in [4.78, 5) is 40.6. The molecule has 34 heavy (non-hydrogen) atoms. The van der Waals surface area contributed by atoms with Gasteiger partial charge in [0.05, 0.1) is 21.7 Å². The normalized spacial score (nSPS) is 17.6. The first-order chi connectivity index (χ1) is 16.2. The Bertz CT molecular complexity index is 1020. The van der Waals surface area contributed by atoms with E-state index in [1.54, 1.807) is 43.5 Å². The number of nitrogens with zero attached hydrogens (tertiary/aromatic N) is 1. The van der Waals surface area contributed by atoms with E-state index in [1.165, 1.54) is 0 Å². The first kappa shape index (κ1) is 25.3. The highest BCUT2D eigenvalue weighted by Crippen LogP contribution is 2.40. The molecule has 0 saturated heterocycles. The summed E-state index contributed by atoms with van der Waals surface area (Å²) in [6.45, 7) is 5.84. The SMILES string of the molecule is CCNC(=O)Nc1cc(NC(=O)OC(C)C)ccc1-c1cnc([C@H]2CC[C@H](NC(=O)O)CC2)s1. The second-order valence-corrected chi connectivity index (χ2v) is 9.45. The Hall–Kier alpha value is -3.34. The van der Waals surface area contributed by atoms with Crippen LogP contribution in [-0.2, 0) is 4.74 Å². The molecule has 4 amide bonds. The molecule has 1 fully saturated rings. The third kappa shape index (κ3) is 7.08. The van der Waals surface area contributed by atoms with Crippen molar-refractivity contribution in [2.24, 2.45) is 0 Å². The van der Waals surface area contributed by atoms with Gasteiger partial charge in [0.25, 0.3) is 0 Å². The summed E-state index contributed by atoms with van der Waals surface area (Å²) in [5.74, 6) is 0.275. The fraction of sp³-hybridized carbons (Fsp3) is 0.478. The van der Waals surface area contributed by atoms with Gasteiger partial charge in [0.1, 0.15) is 0 Å². The Kier molecular flexibility index (Phi) is 8.69. The number of rotatable bonds is 7. The van der Waals surface area contributed by atoms with Gasteiger partial charge in [-0.3, -0.25) is 5.32 Å². The number of benzene rings is 1. The monoisotopic (exact) mass is 489 g/mol. The van der Waals surface area contributed by atoms with Crippen molar-refractivity contribution >= 4 is 40.9 Å². The van der Waals surface area contributed by atoms with E-state index in [-0.39, 0.29) is 24.1 Å². The van der Waals surface area contributed by atoms with Gasteiger partial charge in [-0.2, -0.15) is 0 Å². The molecule has 10 nitrogen and oxygen atoms in total. The molecule has 2 aromatic rings. The highest BCUT2D eigenvalue weighted by Gasteiger charge is 2.26. The van der Waals surface area contributed by atoms with Crippen LogP contribution in [0.4, 0.5) is 25.8 Å².